The Morgan fingerprint density at radius 2 is 1.77 bits per heavy atom. The Balaban J connectivity index is 1.59. The van der Waals surface area contributed by atoms with E-state index in [0.717, 1.165) is 25.7 Å². The highest BCUT2D eigenvalue weighted by Gasteiger charge is 2.61. The van der Waals surface area contributed by atoms with Crippen molar-refractivity contribution in [3.8, 4) is 0 Å². The quantitative estimate of drug-likeness (QED) is 0.695. The Bertz CT molecular complexity index is 909. The van der Waals surface area contributed by atoms with Gasteiger partial charge in [-0.05, 0) is 86.0 Å². The molecule has 1 aromatic rings. The van der Waals surface area contributed by atoms with Crippen molar-refractivity contribution in [1.82, 2.24) is 0 Å². The Morgan fingerprint density at radius 1 is 1.03 bits per heavy atom. The summed E-state index contributed by atoms with van der Waals surface area (Å²) in [6.45, 7) is 4.31. The molecule has 0 spiro atoms. The number of carbonyl (C=O) groups excluding carboxylic acids is 1. The molecule has 0 saturated heterocycles. The smallest absolute Gasteiger partial charge is 0.155 e. The molecule has 1 N–H and O–H groups in total. The van der Waals surface area contributed by atoms with Crippen LogP contribution in [0.25, 0.3) is 0 Å². The molecule has 0 aromatic heterocycles. The van der Waals surface area contributed by atoms with E-state index < -0.39 is 5.60 Å². The van der Waals surface area contributed by atoms with Gasteiger partial charge < -0.3 is 10.0 Å². The van der Waals surface area contributed by atoms with Gasteiger partial charge in [0.1, 0.15) is 0 Å². The lowest BCUT2D eigenvalue weighted by atomic mass is 9.46. The lowest BCUT2D eigenvalue weighted by molar-refractivity contribution is -0.117. The number of hydrogen-bond donors (Lipinski definition) is 1. The molecule has 5 rings (SSSR count). The van der Waals surface area contributed by atoms with Crippen LogP contribution in [0.15, 0.2) is 48.1 Å². The number of anilines is 1. The number of nitrogens with zero attached hydrogens (tertiary/aromatic N) is 1. The maximum absolute atomic E-state index is 12.1. The molecule has 30 heavy (non-hydrogen) atoms. The van der Waals surface area contributed by atoms with Crippen molar-refractivity contribution in [3.63, 3.8) is 0 Å². The predicted molar refractivity (Wildman–Crippen MR) is 122 cm³/mol. The molecule has 160 valence electrons. The van der Waals surface area contributed by atoms with Gasteiger partial charge in [-0.25, -0.2) is 0 Å². The van der Waals surface area contributed by atoms with Gasteiger partial charge in [-0.3, -0.25) is 4.79 Å². The van der Waals surface area contributed by atoms with Gasteiger partial charge >= 0.3 is 0 Å². The Morgan fingerprint density at radius 3 is 2.47 bits per heavy atom. The van der Waals surface area contributed by atoms with Crippen molar-refractivity contribution >= 4 is 11.5 Å². The first kappa shape index (κ1) is 20.1. The molecule has 0 heterocycles. The topological polar surface area (TPSA) is 40.5 Å². The van der Waals surface area contributed by atoms with E-state index in [1.165, 1.54) is 16.8 Å². The first-order valence-electron chi connectivity index (χ1n) is 11.6. The minimum Gasteiger partial charge on any atom is -0.385 e. The summed E-state index contributed by atoms with van der Waals surface area (Å²) in [7, 11) is 4.16. The van der Waals surface area contributed by atoms with Crippen molar-refractivity contribution in [3.05, 3.63) is 53.6 Å². The lowest BCUT2D eigenvalue weighted by Crippen LogP contribution is -2.54. The van der Waals surface area contributed by atoms with Crippen LogP contribution >= 0.6 is 0 Å². The number of fused-ring (bicyclic) bond motifs is 5. The van der Waals surface area contributed by atoms with E-state index in [9.17, 15) is 9.90 Å². The maximum Gasteiger partial charge on any atom is 0.155 e. The van der Waals surface area contributed by atoms with Crippen molar-refractivity contribution in [2.24, 2.45) is 29.1 Å². The molecule has 0 unspecified atom stereocenters. The summed E-state index contributed by atoms with van der Waals surface area (Å²) in [6, 6.07) is 9.08. The zero-order chi connectivity index (χ0) is 21.3. The zero-order valence-electron chi connectivity index (χ0n) is 18.8. The SMILES string of the molecule is CN(C)c1ccc([C@H]2C[C@@]3(C)[C@@H](C=C[C@]3(C)O)[C@@H]3CCC4=CC(=O)CC[C@@H]4[C@H]32)cc1. The van der Waals surface area contributed by atoms with Gasteiger partial charge in [-0.1, -0.05) is 36.8 Å². The molecule has 0 bridgehead atoms. The van der Waals surface area contributed by atoms with Crippen LogP contribution in [-0.4, -0.2) is 30.6 Å². The van der Waals surface area contributed by atoms with Crippen LogP contribution in [0, 0.1) is 29.1 Å². The summed E-state index contributed by atoms with van der Waals surface area (Å²) in [5.41, 5.74) is 3.13. The minimum atomic E-state index is -0.761. The molecule has 3 nitrogen and oxygen atoms in total. The van der Waals surface area contributed by atoms with Crippen LogP contribution in [0.3, 0.4) is 0 Å². The summed E-state index contributed by atoms with van der Waals surface area (Å²) in [5.74, 6) is 2.80. The molecule has 4 aliphatic carbocycles. The van der Waals surface area contributed by atoms with Crippen molar-refractivity contribution in [2.75, 3.05) is 19.0 Å². The van der Waals surface area contributed by atoms with Crippen LogP contribution in [0.4, 0.5) is 5.69 Å². The van der Waals surface area contributed by atoms with E-state index in [-0.39, 0.29) is 5.41 Å². The number of benzene rings is 1. The Kier molecular flexibility index (Phi) is 4.56. The van der Waals surface area contributed by atoms with Gasteiger partial charge in [-0.15, -0.1) is 0 Å². The first-order chi connectivity index (χ1) is 14.2. The van der Waals surface area contributed by atoms with Gasteiger partial charge in [0.2, 0.25) is 0 Å². The van der Waals surface area contributed by atoms with Crippen LogP contribution < -0.4 is 4.90 Å². The fourth-order valence-electron chi connectivity index (χ4n) is 7.33. The second-order valence-corrected chi connectivity index (χ2v) is 10.9. The molecule has 1 aromatic carbocycles. The van der Waals surface area contributed by atoms with Crippen LogP contribution in [0.2, 0.25) is 0 Å². The summed E-state index contributed by atoms with van der Waals surface area (Å²) in [6.07, 6.45) is 11.2. The molecule has 0 aliphatic heterocycles. The Labute approximate surface area is 180 Å². The minimum absolute atomic E-state index is 0.134. The van der Waals surface area contributed by atoms with Gasteiger partial charge in [0, 0.05) is 31.6 Å². The van der Waals surface area contributed by atoms with Crippen LogP contribution in [0.1, 0.15) is 57.4 Å². The summed E-state index contributed by atoms with van der Waals surface area (Å²) >= 11 is 0. The summed E-state index contributed by atoms with van der Waals surface area (Å²) in [5, 5.41) is 11.3. The fourth-order valence-corrected chi connectivity index (χ4v) is 7.33. The number of carbonyl (C=O) groups is 1. The third-order valence-corrected chi connectivity index (χ3v) is 9.18. The molecule has 2 saturated carbocycles. The molecule has 4 aliphatic rings. The van der Waals surface area contributed by atoms with Crippen molar-refractivity contribution < 1.29 is 9.90 Å². The number of allylic oxidation sites excluding steroid dienone is 3. The van der Waals surface area contributed by atoms with Crippen LogP contribution in [0.5, 0.6) is 0 Å². The number of hydrogen-bond acceptors (Lipinski definition) is 3. The van der Waals surface area contributed by atoms with Crippen molar-refractivity contribution in [2.45, 2.75) is 57.5 Å². The zero-order valence-corrected chi connectivity index (χ0v) is 18.8. The molecular weight excluding hydrogens is 370 g/mol. The number of ketones is 1. The normalized spacial score (nSPS) is 42.2. The fraction of sp³-hybridized carbons (Fsp3) is 0.593. The third-order valence-electron chi connectivity index (χ3n) is 9.18. The van der Waals surface area contributed by atoms with E-state index >= 15 is 0 Å². The van der Waals surface area contributed by atoms with Gasteiger partial charge in [-0.2, -0.15) is 0 Å². The van der Waals surface area contributed by atoms with Crippen molar-refractivity contribution in [1.29, 1.82) is 0 Å². The molecule has 2 fully saturated rings. The Hall–Kier alpha value is -1.87. The van der Waals surface area contributed by atoms with E-state index in [4.69, 9.17) is 0 Å². The number of rotatable bonds is 2. The molecule has 0 amide bonds. The lowest BCUT2D eigenvalue weighted by Gasteiger charge is -2.58. The molecule has 0 radical (unpaired) electrons. The predicted octanol–water partition coefficient (Wildman–Crippen LogP) is 5.11. The highest BCUT2D eigenvalue weighted by atomic mass is 16.3. The van der Waals surface area contributed by atoms with E-state index in [1.54, 1.807) is 0 Å². The monoisotopic (exact) mass is 405 g/mol. The average molecular weight is 406 g/mol. The van der Waals surface area contributed by atoms with Crippen LogP contribution in [-0.2, 0) is 4.79 Å². The van der Waals surface area contributed by atoms with Gasteiger partial charge in [0.25, 0.3) is 0 Å². The number of aliphatic hydroxyl groups is 1. The molecular formula is C27H35NO2. The second kappa shape index (κ2) is 6.82. The summed E-state index contributed by atoms with van der Waals surface area (Å²) in [4.78, 5) is 14.3. The summed E-state index contributed by atoms with van der Waals surface area (Å²) < 4.78 is 0. The largest absolute Gasteiger partial charge is 0.385 e. The second-order valence-electron chi connectivity index (χ2n) is 10.9. The standard InChI is InChI=1S/C27H35NO2/c1-26-16-23(17-5-8-19(9-6-17)28(3)4)25-21-12-10-20(29)15-18(21)7-11-22(25)24(26)13-14-27(26,2)30/h5-6,8-9,13-15,21-25,30H,7,10-12,16H2,1-4H3/t21-,22-,23+,24-,25+,26-,27-/m0/s1. The van der Waals surface area contributed by atoms with Gasteiger partial charge in [0.15, 0.2) is 5.78 Å². The third kappa shape index (κ3) is 2.85. The molecule has 3 heteroatoms. The van der Waals surface area contributed by atoms with Gasteiger partial charge in [0.05, 0.1) is 5.60 Å². The first-order valence-corrected chi connectivity index (χ1v) is 11.6. The maximum atomic E-state index is 12.1. The van der Waals surface area contributed by atoms with E-state index in [2.05, 4.69) is 62.3 Å². The highest BCUT2D eigenvalue weighted by Crippen LogP contribution is 2.66. The molecule has 7 atom stereocenters. The van der Waals surface area contributed by atoms with E-state index in [0.29, 0.717) is 41.8 Å². The average Bonchev–Trinajstić information content (AvgIpc) is 2.96. The van der Waals surface area contributed by atoms with E-state index in [1.807, 2.05) is 13.0 Å². The highest BCUT2D eigenvalue weighted by molar-refractivity contribution is 5.91.